The minimum atomic E-state index is 0.142. The fourth-order valence-electron chi connectivity index (χ4n) is 4.47. The minimum absolute atomic E-state index is 0.142. The highest BCUT2D eigenvalue weighted by molar-refractivity contribution is 5.98. The molecule has 5 nitrogen and oxygen atoms in total. The van der Waals surface area contributed by atoms with E-state index in [4.69, 9.17) is 9.84 Å². The van der Waals surface area contributed by atoms with E-state index in [0.717, 1.165) is 48.1 Å². The van der Waals surface area contributed by atoms with Gasteiger partial charge >= 0.3 is 0 Å². The highest BCUT2D eigenvalue weighted by Gasteiger charge is 2.15. The number of benzene rings is 3. The first-order chi connectivity index (χ1) is 18.2. The van der Waals surface area contributed by atoms with E-state index >= 15 is 0 Å². The Bertz CT molecular complexity index is 1020. The maximum absolute atomic E-state index is 9.83. The van der Waals surface area contributed by atoms with Gasteiger partial charge in [0.05, 0.1) is 0 Å². The molecule has 0 aliphatic carbocycles. The Morgan fingerprint density at radius 2 is 1.35 bits per heavy atom. The topological polar surface area (TPSA) is 73.2 Å². The van der Waals surface area contributed by atoms with Gasteiger partial charge in [0.15, 0.2) is 0 Å². The lowest BCUT2D eigenvalue weighted by molar-refractivity contribution is 0.238. The van der Waals surface area contributed by atoms with Crippen molar-refractivity contribution in [3.8, 4) is 11.5 Å². The summed E-state index contributed by atoms with van der Waals surface area (Å²) in [6, 6.07) is 26.0. The number of phenolic OH excluding ortho intramolecular Hbond substituents is 1. The summed E-state index contributed by atoms with van der Waals surface area (Å²) in [6.45, 7) is 8.17. The first-order valence-corrected chi connectivity index (χ1v) is 13.3. The molecule has 1 aliphatic rings. The quantitative estimate of drug-likeness (QED) is 0.285. The number of rotatable bonds is 10. The van der Waals surface area contributed by atoms with Crippen molar-refractivity contribution >= 4 is 11.1 Å². The third-order valence-corrected chi connectivity index (χ3v) is 6.18. The second-order valence-corrected chi connectivity index (χ2v) is 8.52. The third-order valence-electron chi connectivity index (χ3n) is 6.18. The maximum atomic E-state index is 9.83. The second-order valence-electron chi connectivity index (χ2n) is 8.52. The monoisotopic (exact) mass is 505 g/mol. The van der Waals surface area contributed by atoms with Crippen LogP contribution in [0.2, 0.25) is 0 Å². The largest absolute Gasteiger partial charge is 0.508 e. The van der Waals surface area contributed by atoms with Crippen LogP contribution in [0.4, 0.5) is 0 Å². The fraction of sp³-hybridized carbons (Fsp3) is 0.375. The summed E-state index contributed by atoms with van der Waals surface area (Å²) in [5.41, 5.74) is 5.55. The van der Waals surface area contributed by atoms with Gasteiger partial charge in [0.1, 0.15) is 18.1 Å². The lowest BCUT2D eigenvalue weighted by atomic mass is 9.87. The van der Waals surface area contributed by atoms with E-state index in [2.05, 4.69) is 29.2 Å². The van der Waals surface area contributed by atoms with E-state index in [-0.39, 0.29) is 12.4 Å². The van der Waals surface area contributed by atoms with E-state index in [0.29, 0.717) is 13.0 Å². The highest BCUT2D eigenvalue weighted by atomic mass is 16.5. The lowest BCUT2D eigenvalue weighted by Crippen LogP contribution is -2.25. The number of hydrogen-bond acceptors (Lipinski definition) is 5. The van der Waals surface area contributed by atoms with Gasteiger partial charge in [-0.05, 0) is 90.9 Å². The second kappa shape index (κ2) is 17.4. The number of phenols is 1. The number of nitrogens with zero attached hydrogens (tertiary/aromatic N) is 1. The SMILES string of the molecule is CC.CO.OCCC/C(=C(\c1ccc(O)cc1)c1ccc(OCCN2CCCC2)cc1)c1ccccc1. The van der Waals surface area contributed by atoms with Gasteiger partial charge in [0, 0.05) is 20.3 Å². The number of aromatic hydroxyl groups is 1. The molecule has 0 atom stereocenters. The first kappa shape index (κ1) is 30.1. The van der Waals surface area contributed by atoms with Crippen LogP contribution in [0.5, 0.6) is 11.5 Å². The highest BCUT2D eigenvalue weighted by Crippen LogP contribution is 2.36. The summed E-state index contributed by atoms with van der Waals surface area (Å²) < 4.78 is 6.01. The fourth-order valence-corrected chi connectivity index (χ4v) is 4.47. The molecule has 0 saturated carbocycles. The Kier molecular flexibility index (Phi) is 14.1. The molecule has 3 aromatic carbocycles. The number of likely N-dealkylation sites (tertiary alicyclic amines) is 1. The predicted molar refractivity (Wildman–Crippen MR) is 154 cm³/mol. The van der Waals surface area contributed by atoms with Crippen molar-refractivity contribution in [1.82, 2.24) is 4.90 Å². The smallest absolute Gasteiger partial charge is 0.119 e. The van der Waals surface area contributed by atoms with Gasteiger partial charge in [-0.1, -0.05) is 68.4 Å². The molecule has 1 fully saturated rings. The van der Waals surface area contributed by atoms with Crippen molar-refractivity contribution in [1.29, 1.82) is 0 Å². The Morgan fingerprint density at radius 3 is 1.92 bits per heavy atom. The summed E-state index contributed by atoms with van der Waals surface area (Å²) in [7, 11) is 1.00. The van der Waals surface area contributed by atoms with Crippen molar-refractivity contribution < 1.29 is 20.1 Å². The molecule has 0 bridgehead atoms. The average Bonchev–Trinajstić information content (AvgIpc) is 3.49. The number of aliphatic hydroxyl groups excluding tert-OH is 2. The standard InChI is InChI=1S/C29H33NO3.C2H6.CH4O/c31-21-6-9-28(23-7-2-1-3-8-23)29(24-10-14-26(32)15-11-24)25-12-16-27(17-13-25)33-22-20-30-18-4-5-19-30;2*1-2/h1-3,7-8,10-17,31-32H,4-6,9,18-22H2;1-2H3;2H,1H3/b29-28-;;. The third kappa shape index (κ3) is 9.36. The molecule has 0 unspecified atom stereocenters. The molecule has 0 spiro atoms. The summed E-state index contributed by atoms with van der Waals surface area (Å²) >= 11 is 0. The molecule has 3 aromatic rings. The van der Waals surface area contributed by atoms with Crippen LogP contribution in [0.1, 0.15) is 56.2 Å². The average molecular weight is 506 g/mol. The molecule has 4 rings (SSSR count). The van der Waals surface area contributed by atoms with Crippen LogP contribution in [0.25, 0.3) is 11.1 Å². The maximum Gasteiger partial charge on any atom is 0.119 e. The van der Waals surface area contributed by atoms with Gasteiger partial charge in [0.2, 0.25) is 0 Å². The number of allylic oxidation sites excluding steroid dienone is 1. The van der Waals surface area contributed by atoms with E-state index in [9.17, 15) is 10.2 Å². The normalized spacial score (nSPS) is 13.5. The van der Waals surface area contributed by atoms with Crippen molar-refractivity contribution in [2.45, 2.75) is 39.5 Å². The zero-order valence-electron chi connectivity index (χ0n) is 22.6. The number of aliphatic hydroxyl groups is 2. The van der Waals surface area contributed by atoms with Crippen LogP contribution in [0.3, 0.4) is 0 Å². The molecule has 200 valence electrons. The molecule has 1 aliphatic heterocycles. The summed E-state index contributed by atoms with van der Waals surface area (Å²) in [6.07, 6.45) is 4.02. The minimum Gasteiger partial charge on any atom is -0.508 e. The molecule has 5 heteroatoms. The first-order valence-electron chi connectivity index (χ1n) is 13.3. The number of ether oxygens (including phenoxy) is 1. The number of hydrogen-bond donors (Lipinski definition) is 3. The predicted octanol–water partition coefficient (Wildman–Crippen LogP) is 6.23. The zero-order chi connectivity index (χ0) is 26.9. The summed E-state index contributed by atoms with van der Waals surface area (Å²) in [4.78, 5) is 2.45. The molecule has 37 heavy (non-hydrogen) atoms. The summed E-state index contributed by atoms with van der Waals surface area (Å²) in [5, 5.41) is 26.4. The zero-order valence-corrected chi connectivity index (χ0v) is 22.6. The van der Waals surface area contributed by atoms with Crippen molar-refractivity contribution in [2.75, 3.05) is 40.0 Å². The van der Waals surface area contributed by atoms with Gasteiger partial charge in [-0.2, -0.15) is 0 Å². The Morgan fingerprint density at radius 1 is 0.784 bits per heavy atom. The van der Waals surface area contributed by atoms with E-state index in [1.54, 1.807) is 12.1 Å². The molecule has 0 radical (unpaired) electrons. The Hall–Kier alpha value is -3.12. The van der Waals surface area contributed by atoms with Crippen LogP contribution < -0.4 is 4.74 Å². The van der Waals surface area contributed by atoms with E-state index in [1.165, 1.54) is 31.5 Å². The van der Waals surface area contributed by atoms with Gasteiger partial charge in [-0.15, -0.1) is 0 Å². The van der Waals surface area contributed by atoms with Gasteiger partial charge in [0.25, 0.3) is 0 Å². The van der Waals surface area contributed by atoms with Crippen molar-refractivity contribution in [3.63, 3.8) is 0 Å². The lowest BCUT2D eigenvalue weighted by Gasteiger charge is -2.18. The van der Waals surface area contributed by atoms with Crippen LogP contribution in [-0.4, -0.2) is 60.2 Å². The van der Waals surface area contributed by atoms with Crippen LogP contribution in [-0.2, 0) is 0 Å². The molecule has 1 saturated heterocycles. The molecular weight excluding hydrogens is 462 g/mol. The molecular formula is C32H43NO4. The summed E-state index contributed by atoms with van der Waals surface area (Å²) in [5.74, 6) is 1.12. The van der Waals surface area contributed by atoms with E-state index < -0.39 is 0 Å². The Balaban J connectivity index is 0.00000115. The van der Waals surface area contributed by atoms with Crippen LogP contribution in [0.15, 0.2) is 78.9 Å². The molecule has 3 N–H and O–H groups in total. The Labute approximate surface area is 222 Å². The van der Waals surface area contributed by atoms with Gasteiger partial charge in [-0.25, -0.2) is 0 Å². The van der Waals surface area contributed by atoms with Gasteiger partial charge < -0.3 is 20.1 Å². The van der Waals surface area contributed by atoms with Crippen molar-refractivity contribution in [2.24, 2.45) is 0 Å². The van der Waals surface area contributed by atoms with Crippen molar-refractivity contribution in [3.05, 3.63) is 95.6 Å². The van der Waals surface area contributed by atoms with Crippen LogP contribution in [0, 0.1) is 0 Å². The van der Waals surface area contributed by atoms with Crippen LogP contribution >= 0.6 is 0 Å². The van der Waals surface area contributed by atoms with E-state index in [1.807, 2.05) is 56.3 Å². The molecule has 0 aromatic heterocycles. The molecule has 0 amide bonds. The molecule has 1 heterocycles. The van der Waals surface area contributed by atoms with Gasteiger partial charge in [-0.3, -0.25) is 4.90 Å².